The summed E-state index contributed by atoms with van der Waals surface area (Å²) in [4.78, 5) is 12.2. The number of hydrogen-bond acceptors (Lipinski definition) is 2. The molecule has 0 spiro atoms. The fourth-order valence-electron chi connectivity index (χ4n) is 1.70. The topological polar surface area (TPSA) is 41.1 Å². The second kappa shape index (κ2) is 7.16. The molecule has 0 saturated heterocycles. The molecule has 0 heterocycles. The van der Waals surface area contributed by atoms with E-state index in [-0.39, 0.29) is 5.91 Å². The average molecular weight is 388 g/mol. The Labute approximate surface area is 141 Å². The molecule has 2 N–H and O–H groups in total. The zero-order chi connectivity index (χ0) is 15.4. The first-order valence-corrected chi connectivity index (χ1v) is 7.79. The number of nitrogens with one attached hydrogen (secondary N) is 2. The maximum Gasteiger partial charge on any atom is 0.246 e. The van der Waals surface area contributed by atoms with Gasteiger partial charge >= 0.3 is 0 Å². The molecule has 110 valence electrons. The summed E-state index contributed by atoms with van der Waals surface area (Å²) >= 11 is 15.3. The van der Waals surface area contributed by atoms with Crippen LogP contribution in [0.1, 0.15) is 6.92 Å². The lowest BCUT2D eigenvalue weighted by atomic mass is 10.2. The van der Waals surface area contributed by atoms with Crippen LogP contribution >= 0.6 is 39.1 Å². The maximum absolute atomic E-state index is 12.2. The standard InChI is InChI=1S/C15H13BrCl2N2O/c1-9(19-11-7-5-10(16)6-8-11)15(21)20-13-4-2-3-12(17)14(13)18/h2-9,19H,1H3,(H,20,21)/t9-/m0/s1. The van der Waals surface area contributed by atoms with E-state index >= 15 is 0 Å². The smallest absolute Gasteiger partial charge is 0.246 e. The van der Waals surface area contributed by atoms with Crippen LogP contribution in [0.5, 0.6) is 0 Å². The first kappa shape index (κ1) is 16.1. The molecule has 0 aliphatic heterocycles. The Kier molecular flexibility index (Phi) is 5.51. The van der Waals surface area contributed by atoms with Gasteiger partial charge in [-0.1, -0.05) is 45.2 Å². The van der Waals surface area contributed by atoms with Gasteiger partial charge in [-0.3, -0.25) is 4.79 Å². The van der Waals surface area contributed by atoms with Gasteiger partial charge < -0.3 is 10.6 Å². The third-order valence-corrected chi connectivity index (χ3v) is 4.18. The molecule has 1 atom stereocenters. The Morgan fingerprint density at radius 1 is 1.14 bits per heavy atom. The van der Waals surface area contributed by atoms with E-state index in [2.05, 4.69) is 26.6 Å². The molecule has 0 fully saturated rings. The highest BCUT2D eigenvalue weighted by atomic mass is 79.9. The minimum absolute atomic E-state index is 0.193. The highest BCUT2D eigenvalue weighted by molar-refractivity contribution is 9.10. The number of rotatable bonds is 4. The van der Waals surface area contributed by atoms with Crippen molar-refractivity contribution in [1.29, 1.82) is 0 Å². The van der Waals surface area contributed by atoms with E-state index in [4.69, 9.17) is 23.2 Å². The summed E-state index contributed by atoms with van der Waals surface area (Å²) in [5, 5.41) is 6.61. The molecular formula is C15H13BrCl2N2O. The highest BCUT2D eigenvalue weighted by Gasteiger charge is 2.15. The predicted octanol–water partition coefficient (Wildman–Crippen LogP) is 5.20. The minimum atomic E-state index is -0.416. The molecule has 21 heavy (non-hydrogen) atoms. The van der Waals surface area contributed by atoms with Crippen molar-refractivity contribution in [3.05, 3.63) is 57.0 Å². The summed E-state index contributed by atoms with van der Waals surface area (Å²) in [7, 11) is 0. The number of amides is 1. The number of anilines is 2. The van der Waals surface area contributed by atoms with Gasteiger partial charge in [-0.05, 0) is 43.3 Å². The van der Waals surface area contributed by atoms with Gasteiger partial charge in [-0.2, -0.15) is 0 Å². The molecule has 2 aromatic carbocycles. The molecule has 6 heteroatoms. The molecule has 2 rings (SSSR count). The van der Waals surface area contributed by atoms with Crippen molar-refractivity contribution in [2.75, 3.05) is 10.6 Å². The normalized spacial score (nSPS) is 11.8. The first-order chi connectivity index (χ1) is 9.97. The Morgan fingerprint density at radius 2 is 1.81 bits per heavy atom. The molecule has 0 bridgehead atoms. The van der Waals surface area contributed by atoms with Gasteiger partial charge in [0, 0.05) is 10.2 Å². The molecule has 3 nitrogen and oxygen atoms in total. The van der Waals surface area contributed by atoms with Crippen molar-refractivity contribution < 1.29 is 4.79 Å². The van der Waals surface area contributed by atoms with Crippen molar-refractivity contribution in [2.45, 2.75) is 13.0 Å². The van der Waals surface area contributed by atoms with Crippen LogP contribution in [0.25, 0.3) is 0 Å². The van der Waals surface area contributed by atoms with Crippen LogP contribution < -0.4 is 10.6 Å². The summed E-state index contributed by atoms with van der Waals surface area (Å²) in [6, 6.07) is 12.3. The third-order valence-electron chi connectivity index (χ3n) is 2.83. The zero-order valence-electron chi connectivity index (χ0n) is 11.2. The molecule has 0 radical (unpaired) electrons. The zero-order valence-corrected chi connectivity index (χ0v) is 14.3. The van der Waals surface area contributed by atoms with Crippen molar-refractivity contribution in [3.63, 3.8) is 0 Å². The average Bonchev–Trinajstić information content (AvgIpc) is 2.46. The second-order valence-corrected chi connectivity index (χ2v) is 6.16. The summed E-state index contributed by atoms with van der Waals surface area (Å²) < 4.78 is 0.982. The van der Waals surface area contributed by atoms with Gasteiger partial charge in [0.25, 0.3) is 0 Å². The lowest BCUT2D eigenvalue weighted by Gasteiger charge is -2.16. The van der Waals surface area contributed by atoms with Gasteiger partial charge in [-0.15, -0.1) is 0 Å². The number of benzene rings is 2. The first-order valence-electron chi connectivity index (χ1n) is 6.24. The van der Waals surface area contributed by atoms with Crippen LogP contribution in [0.4, 0.5) is 11.4 Å². The Balaban J connectivity index is 2.02. The Morgan fingerprint density at radius 3 is 2.48 bits per heavy atom. The van der Waals surface area contributed by atoms with Gasteiger partial charge in [0.15, 0.2) is 0 Å². The van der Waals surface area contributed by atoms with Crippen LogP contribution in [0, 0.1) is 0 Å². The van der Waals surface area contributed by atoms with E-state index in [0.717, 1.165) is 10.2 Å². The van der Waals surface area contributed by atoms with Gasteiger partial charge in [0.05, 0.1) is 15.7 Å². The summed E-state index contributed by atoms with van der Waals surface area (Å²) in [6.07, 6.45) is 0. The number of halogens is 3. The van der Waals surface area contributed by atoms with Crippen LogP contribution in [0.3, 0.4) is 0 Å². The van der Waals surface area contributed by atoms with E-state index < -0.39 is 6.04 Å². The number of carbonyl (C=O) groups excluding carboxylic acids is 1. The molecular weight excluding hydrogens is 375 g/mol. The summed E-state index contributed by atoms with van der Waals surface area (Å²) in [5.74, 6) is -0.193. The van der Waals surface area contributed by atoms with Crippen LogP contribution in [-0.4, -0.2) is 11.9 Å². The molecule has 1 amide bonds. The second-order valence-electron chi connectivity index (χ2n) is 4.46. The quantitative estimate of drug-likeness (QED) is 0.757. The van der Waals surface area contributed by atoms with Crippen LogP contribution in [0.15, 0.2) is 46.9 Å². The molecule has 2 aromatic rings. The predicted molar refractivity (Wildman–Crippen MR) is 92.3 cm³/mol. The van der Waals surface area contributed by atoms with E-state index in [9.17, 15) is 4.79 Å². The van der Waals surface area contributed by atoms with Crippen LogP contribution in [-0.2, 0) is 4.79 Å². The van der Waals surface area contributed by atoms with Gasteiger partial charge in [-0.25, -0.2) is 0 Å². The number of carbonyl (C=O) groups is 1. The van der Waals surface area contributed by atoms with Crippen LogP contribution in [0.2, 0.25) is 10.0 Å². The number of hydrogen-bond donors (Lipinski definition) is 2. The van der Waals surface area contributed by atoms with Crippen molar-refractivity contribution in [1.82, 2.24) is 0 Å². The lowest BCUT2D eigenvalue weighted by molar-refractivity contribution is -0.116. The largest absolute Gasteiger partial charge is 0.374 e. The molecule has 0 aliphatic carbocycles. The Bertz CT molecular complexity index is 647. The third kappa shape index (κ3) is 4.37. The van der Waals surface area contributed by atoms with E-state index in [1.165, 1.54) is 0 Å². The monoisotopic (exact) mass is 386 g/mol. The highest BCUT2D eigenvalue weighted by Crippen LogP contribution is 2.29. The molecule has 0 unspecified atom stereocenters. The maximum atomic E-state index is 12.2. The minimum Gasteiger partial charge on any atom is -0.374 e. The lowest BCUT2D eigenvalue weighted by Crippen LogP contribution is -2.31. The van der Waals surface area contributed by atoms with Gasteiger partial charge in [0.2, 0.25) is 5.91 Å². The van der Waals surface area contributed by atoms with E-state index in [1.54, 1.807) is 25.1 Å². The van der Waals surface area contributed by atoms with E-state index in [0.29, 0.717) is 15.7 Å². The van der Waals surface area contributed by atoms with E-state index in [1.807, 2.05) is 24.3 Å². The SMILES string of the molecule is C[C@H](Nc1ccc(Br)cc1)C(=O)Nc1cccc(Cl)c1Cl. The Hall–Kier alpha value is -1.23. The molecule has 0 aliphatic rings. The summed E-state index contributed by atoms with van der Waals surface area (Å²) in [6.45, 7) is 1.77. The van der Waals surface area contributed by atoms with Gasteiger partial charge in [0.1, 0.15) is 6.04 Å². The molecule has 0 aromatic heterocycles. The van der Waals surface area contributed by atoms with Crippen molar-refractivity contribution in [2.24, 2.45) is 0 Å². The summed E-state index contributed by atoms with van der Waals surface area (Å²) in [5.41, 5.74) is 1.36. The fraction of sp³-hybridized carbons (Fsp3) is 0.133. The van der Waals surface area contributed by atoms with Crippen molar-refractivity contribution >= 4 is 56.4 Å². The fourth-order valence-corrected chi connectivity index (χ4v) is 2.32. The molecule has 0 saturated carbocycles. The van der Waals surface area contributed by atoms with Crippen molar-refractivity contribution in [3.8, 4) is 0 Å².